The molecular formula is C25H31ClN4O3. The number of aliphatic hydroxyl groups is 2. The summed E-state index contributed by atoms with van der Waals surface area (Å²) in [6, 6.07) is 15.6. The number of piperidine rings is 1. The van der Waals surface area contributed by atoms with E-state index < -0.39 is 6.29 Å². The molecule has 0 radical (unpaired) electrons. The molecule has 1 amide bonds. The highest BCUT2D eigenvalue weighted by molar-refractivity contribution is 6.34. The summed E-state index contributed by atoms with van der Waals surface area (Å²) >= 11 is 6.38. The van der Waals surface area contributed by atoms with E-state index in [4.69, 9.17) is 11.6 Å². The molecule has 0 bridgehead atoms. The average molecular weight is 471 g/mol. The Balaban J connectivity index is 1.41. The fourth-order valence-corrected chi connectivity index (χ4v) is 6.17. The van der Waals surface area contributed by atoms with Gasteiger partial charge in [-0.15, -0.1) is 5.53 Å². The van der Waals surface area contributed by atoms with Crippen LogP contribution in [0.15, 0.2) is 48.5 Å². The number of hydrazine groups is 2. The Morgan fingerprint density at radius 1 is 1.06 bits per heavy atom. The van der Waals surface area contributed by atoms with Gasteiger partial charge in [0.25, 0.3) is 0 Å². The molecule has 2 aromatic carbocycles. The van der Waals surface area contributed by atoms with Crippen LogP contribution in [0.3, 0.4) is 0 Å². The van der Waals surface area contributed by atoms with Crippen molar-refractivity contribution in [2.75, 3.05) is 17.0 Å². The summed E-state index contributed by atoms with van der Waals surface area (Å²) < 4.78 is 0. The van der Waals surface area contributed by atoms with Gasteiger partial charge in [0.2, 0.25) is 5.91 Å². The van der Waals surface area contributed by atoms with Gasteiger partial charge in [0.05, 0.1) is 28.9 Å². The summed E-state index contributed by atoms with van der Waals surface area (Å²) in [5.74, 6) is 0.101. The molecule has 1 saturated carbocycles. The number of benzene rings is 2. The fourth-order valence-electron chi connectivity index (χ4n) is 5.95. The Bertz CT molecular complexity index is 989. The lowest BCUT2D eigenvalue weighted by atomic mass is 9.71. The lowest BCUT2D eigenvalue weighted by Gasteiger charge is -2.49. The lowest BCUT2D eigenvalue weighted by molar-refractivity contribution is -0.156. The minimum absolute atomic E-state index is 0.0783. The maximum absolute atomic E-state index is 13.7. The first-order valence-electron chi connectivity index (χ1n) is 11.8. The van der Waals surface area contributed by atoms with Gasteiger partial charge in [0.15, 0.2) is 6.29 Å². The molecule has 2 fully saturated rings. The van der Waals surface area contributed by atoms with Gasteiger partial charge in [0, 0.05) is 18.5 Å². The maximum atomic E-state index is 13.7. The number of fused-ring (bicyclic) bond motifs is 2. The number of hydrogen-bond acceptors (Lipinski definition) is 6. The minimum Gasteiger partial charge on any atom is -0.368 e. The van der Waals surface area contributed by atoms with E-state index in [9.17, 15) is 15.0 Å². The van der Waals surface area contributed by atoms with Gasteiger partial charge in [-0.1, -0.05) is 60.8 Å². The van der Waals surface area contributed by atoms with Crippen molar-refractivity contribution in [2.24, 2.45) is 11.8 Å². The molecule has 176 valence electrons. The number of para-hydroxylation sites is 1. The lowest BCUT2D eigenvalue weighted by Crippen LogP contribution is -2.55. The predicted molar refractivity (Wildman–Crippen MR) is 128 cm³/mol. The van der Waals surface area contributed by atoms with Gasteiger partial charge in [-0.25, -0.2) is 0 Å². The van der Waals surface area contributed by atoms with Crippen molar-refractivity contribution in [3.63, 3.8) is 0 Å². The predicted octanol–water partition coefficient (Wildman–Crippen LogP) is 3.84. The first kappa shape index (κ1) is 22.5. The van der Waals surface area contributed by atoms with Crippen molar-refractivity contribution in [1.29, 1.82) is 0 Å². The first-order chi connectivity index (χ1) is 16.0. The molecule has 2 heterocycles. The molecule has 4 N–H and O–H groups in total. The van der Waals surface area contributed by atoms with Crippen LogP contribution < -0.4 is 16.0 Å². The molecule has 4 atom stereocenters. The number of carbonyl (C=O) groups is 1. The van der Waals surface area contributed by atoms with Crippen LogP contribution in [-0.4, -0.2) is 39.9 Å². The second-order valence-electron chi connectivity index (χ2n) is 9.34. The van der Waals surface area contributed by atoms with Gasteiger partial charge in [0.1, 0.15) is 0 Å². The van der Waals surface area contributed by atoms with E-state index >= 15 is 0 Å². The van der Waals surface area contributed by atoms with Crippen LogP contribution in [0.2, 0.25) is 5.02 Å². The van der Waals surface area contributed by atoms with Crippen molar-refractivity contribution in [3.05, 3.63) is 59.1 Å². The Hall–Kier alpha value is -2.32. The van der Waals surface area contributed by atoms with E-state index in [1.165, 1.54) is 0 Å². The summed E-state index contributed by atoms with van der Waals surface area (Å²) in [6.07, 6.45) is 3.65. The highest BCUT2D eigenvalue weighted by Gasteiger charge is 2.44. The number of likely N-dealkylation sites (tertiary alicyclic amines) is 1. The molecule has 33 heavy (non-hydrogen) atoms. The summed E-state index contributed by atoms with van der Waals surface area (Å²) in [7, 11) is 0. The Morgan fingerprint density at radius 2 is 1.85 bits per heavy atom. The van der Waals surface area contributed by atoms with Crippen LogP contribution in [0, 0.1) is 11.8 Å². The number of hydrogen-bond donors (Lipinski definition) is 4. The van der Waals surface area contributed by atoms with Crippen LogP contribution >= 0.6 is 11.6 Å². The number of nitrogens with zero attached hydrogens (tertiary/aromatic N) is 2. The number of aliphatic hydroxyl groups excluding tert-OH is 1. The third-order valence-corrected chi connectivity index (χ3v) is 7.87. The summed E-state index contributed by atoms with van der Waals surface area (Å²) in [6.45, 7) is 0.567. The third kappa shape index (κ3) is 4.30. The van der Waals surface area contributed by atoms with E-state index in [-0.39, 0.29) is 29.8 Å². The molecule has 8 heteroatoms. The molecule has 1 aliphatic carbocycles. The van der Waals surface area contributed by atoms with Crippen molar-refractivity contribution < 1.29 is 15.0 Å². The second-order valence-corrected chi connectivity index (χ2v) is 9.75. The molecule has 0 spiro atoms. The molecule has 5 rings (SSSR count). The van der Waals surface area contributed by atoms with Crippen LogP contribution in [0.25, 0.3) is 0 Å². The average Bonchev–Trinajstić information content (AvgIpc) is 3.27. The van der Waals surface area contributed by atoms with Gasteiger partial charge < -0.3 is 20.5 Å². The van der Waals surface area contributed by atoms with E-state index in [1.807, 2.05) is 58.4 Å². The maximum Gasteiger partial charge on any atom is 0.225 e. The van der Waals surface area contributed by atoms with E-state index in [0.29, 0.717) is 24.4 Å². The molecule has 0 aromatic heterocycles. The van der Waals surface area contributed by atoms with Crippen LogP contribution in [0.4, 0.5) is 11.4 Å². The number of carbonyl (C=O) groups excluding carboxylic acids is 1. The van der Waals surface area contributed by atoms with Crippen molar-refractivity contribution in [1.82, 2.24) is 10.4 Å². The Labute approximate surface area is 199 Å². The molecule has 1 saturated heterocycles. The third-order valence-electron chi connectivity index (χ3n) is 7.55. The van der Waals surface area contributed by atoms with Gasteiger partial charge in [-0.3, -0.25) is 9.80 Å². The standard InChI is InChI=1S/C25H31ClN4O3/c26-19-10-6-12-21-24(19)27-28-30(21)22(16-7-2-1-3-8-16)15-23(31)29-14-13-18(25(32)33)17-9-4-5-11-20(17)29/h1-3,6-8,10,12,17-18,20,22,25,27-28,32-33H,4-5,9,11,13-15H2. The minimum atomic E-state index is -1.31. The first-order valence-corrected chi connectivity index (χ1v) is 12.2. The zero-order valence-corrected chi connectivity index (χ0v) is 19.3. The highest BCUT2D eigenvalue weighted by atomic mass is 35.5. The number of rotatable bonds is 5. The molecular weight excluding hydrogens is 440 g/mol. The molecule has 3 aliphatic rings. The van der Waals surface area contributed by atoms with E-state index in [0.717, 1.165) is 42.6 Å². The number of amides is 1. The van der Waals surface area contributed by atoms with E-state index in [2.05, 4.69) is 11.0 Å². The monoisotopic (exact) mass is 470 g/mol. The van der Waals surface area contributed by atoms with Crippen molar-refractivity contribution in [2.45, 2.75) is 56.9 Å². The molecule has 7 nitrogen and oxygen atoms in total. The van der Waals surface area contributed by atoms with Gasteiger partial charge >= 0.3 is 0 Å². The molecule has 4 unspecified atom stereocenters. The fraction of sp³-hybridized carbons (Fsp3) is 0.480. The Morgan fingerprint density at radius 3 is 2.64 bits per heavy atom. The van der Waals surface area contributed by atoms with E-state index in [1.54, 1.807) is 0 Å². The second kappa shape index (κ2) is 9.50. The van der Waals surface area contributed by atoms with Crippen LogP contribution in [-0.2, 0) is 4.79 Å². The topological polar surface area (TPSA) is 88.1 Å². The SMILES string of the molecule is O=C(CC(c1ccccc1)N1NNc2c(Cl)cccc21)N1CCC(C(O)O)C2CCCCC21. The smallest absolute Gasteiger partial charge is 0.225 e. The van der Waals surface area contributed by atoms with Crippen molar-refractivity contribution in [3.8, 4) is 0 Å². The highest BCUT2D eigenvalue weighted by Crippen LogP contribution is 2.43. The zero-order chi connectivity index (χ0) is 22.9. The number of nitrogens with one attached hydrogen (secondary N) is 2. The normalized spacial score (nSPS) is 25.4. The van der Waals surface area contributed by atoms with Crippen molar-refractivity contribution >= 4 is 28.9 Å². The van der Waals surface area contributed by atoms with Crippen LogP contribution in [0.5, 0.6) is 0 Å². The summed E-state index contributed by atoms with van der Waals surface area (Å²) in [5.41, 5.74) is 9.10. The summed E-state index contributed by atoms with van der Waals surface area (Å²) in [5, 5.41) is 22.4. The largest absolute Gasteiger partial charge is 0.368 e. The molecule has 2 aliphatic heterocycles. The number of halogens is 1. The molecule has 2 aromatic rings. The summed E-state index contributed by atoms with van der Waals surface area (Å²) in [4.78, 5) is 15.8. The quantitative estimate of drug-likeness (QED) is 0.496. The zero-order valence-electron chi connectivity index (χ0n) is 18.5. The van der Waals surface area contributed by atoms with Gasteiger partial charge in [-0.2, -0.15) is 0 Å². The van der Waals surface area contributed by atoms with Gasteiger partial charge in [-0.05, 0) is 42.9 Å². The van der Waals surface area contributed by atoms with Crippen LogP contribution in [0.1, 0.15) is 50.1 Å². The Kier molecular flexibility index (Phi) is 6.47. The number of anilines is 2.